The molecule has 33 heavy (non-hydrogen) atoms. The van der Waals surface area contributed by atoms with Crippen molar-refractivity contribution >= 4 is 21.6 Å². The third kappa shape index (κ3) is 4.25. The fraction of sp³-hybridized carbons (Fsp3) is 0.308. The van der Waals surface area contributed by atoms with Crippen LogP contribution in [-0.4, -0.2) is 29.8 Å². The predicted molar refractivity (Wildman–Crippen MR) is 124 cm³/mol. The number of fused-ring (bicyclic) bond motifs is 1. The molecule has 1 N–H and O–H groups in total. The van der Waals surface area contributed by atoms with Gasteiger partial charge in [0, 0.05) is 29.8 Å². The molecule has 0 atom stereocenters. The molecule has 0 saturated carbocycles. The van der Waals surface area contributed by atoms with Crippen LogP contribution in [0.15, 0.2) is 64.4 Å². The lowest BCUT2D eigenvalue weighted by Gasteiger charge is -2.30. The maximum Gasteiger partial charge on any atom is 0.323 e. The van der Waals surface area contributed by atoms with E-state index in [0.717, 1.165) is 5.69 Å². The summed E-state index contributed by atoms with van der Waals surface area (Å²) in [5.41, 5.74) is 3.01. The van der Waals surface area contributed by atoms with Crippen molar-refractivity contribution in [3.63, 3.8) is 0 Å². The summed E-state index contributed by atoms with van der Waals surface area (Å²) in [6.45, 7) is 5.58. The summed E-state index contributed by atoms with van der Waals surface area (Å²) in [7, 11) is -3.75. The number of carboxylic acid groups (broad SMARTS) is 1. The van der Waals surface area contributed by atoms with Gasteiger partial charge in [-0.05, 0) is 48.1 Å². The third-order valence-electron chi connectivity index (χ3n) is 6.30. The van der Waals surface area contributed by atoms with Gasteiger partial charge < -0.3 is 9.67 Å². The molecule has 0 fully saturated rings. The molecule has 1 aromatic heterocycles. The van der Waals surface area contributed by atoms with E-state index in [0.29, 0.717) is 35.2 Å². The van der Waals surface area contributed by atoms with E-state index >= 15 is 0 Å². The highest BCUT2D eigenvalue weighted by Gasteiger charge is 2.37. The largest absolute Gasteiger partial charge is 0.480 e. The lowest BCUT2D eigenvalue weighted by Crippen LogP contribution is -2.29. The van der Waals surface area contributed by atoms with Crippen LogP contribution in [0.25, 0.3) is 0 Å². The Kier molecular flexibility index (Phi) is 5.78. The van der Waals surface area contributed by atoms with Crippen molar-refractivity contribution < 1.29 is 23.1 Å². The molecule has 0 amide bonds. The zero-order valence-corrected chi connectivity index (χ0v) is 19.8. The first-order valence-electron chi connectivity index (χ1n) is 10.8. The number of aliphatic carboxylic acids is 1. The second-order valence-electron chi connectivity index (χ2n) is 9.41. The first-order valence-corrected chi connectivity index (χ1v) is 12.3. The quantitative estimate of drug-likeness (QED) is 0.580. The predicted octanol–water partition coefficient (Wildman–Crippen LogP) is 4.46. The number of ketones is 1. The number of hydrogen-bond donors (Lipinski definition) is 1. The lowest BCUT2D eigenvalue weighted by atomic mass is 9.75. The Balaban J connectivity index is 1.86. The topological polar surface area (TPSA) is 93.4 Å². The molecule has 1 aliphatic carbocycles. The Hall–Kier alpha value is -3.19. The van der Waals surface area contributed by atoms with Gasteiger partial charge in [0.1, 0.15) is 6.54 Å². The van der Waals surface area contributed by atoms with Crippen LogP contribution in [-0.2, 0) is 34.0 Å². The number of carbonyl (C=O) groups excluding carboxylic acids is 1. The van der Waals surface area contributed by atoms with Crippen molar-refractivity contribution in [3.8, 4) is 0 Å². The van der Waals surface area contributed by atoms with Gasteiger partial charge in [0.05, 0.1) is 9.79 Å². The summed E-state index contributed by atoms with van der Waals surface area (Å²) in [5, 5.41) is 9.48. The van der Waals surface area contributed by atoms with Crippen LogP contribution < -0.4 is 0 Å². The average Bonchev–Trinajstić information content (AvgIpc) is 2.99. The SMILES string of the molecule is Cc1c(Cc2ccccc2S(=O)(=O)c2ccccc2)c2c(n1CC(=O)O)CC(C)(C)CC2=O. The Morgan fingerprint density at radius 3 is 2.33 bits per heavy atom. The Labute approximate surface area is 193 Å². The van der Waals surface area contributed by atoms with E-state index in [4.69, 9.17) is 0 Å². The summed E-state index contributed by atoms with van der Waals surface area (Å²) in [6.07, 6.45) is 1.19. The molecule has 0 bridgehead atoms. The van der Waals surface area contributed by atoms with Gasteiger partial charge in [-0.1, -0.05) is 50.2 Å². The number of nitrogens with zero attached hydrogens (tertiary/aromatic N) is 1. The van der Waals surface area contributed by atoms with Crippen molar-refractivity contribution in [3.05, 3.63) is 82.7 Å². The number of rotatable bonds is 6. The molecule has 0 saturated heterocycles. The summed E-state index contributed by atoms with van der Waals surface area (Å²) in [4.78, 5) is 25.2. The highest BCUT2D eigenvalue weighted by Crippen LogP contribution is 2.40. The molecule has 1 aliphatic rings. The first-order chi connectivity index (χ1) is 15.5. The molecular weight excluding hydrogens is 438 g/mol. The van der Waals surface area contributed by atoms with Gasteiger partial charge in [-0.3, -0.25) is 9.59 Å². The summed E-state index contributed by atoms with van der Waals surface area (Å²) >= 11 is 0. The van der Waals surface area contributed by atoms with Gasteiger partial charge in [0.2, 0.25) is 9.84 Å². The molecule has 4 rings (SSSR count). The zero-order chi connectivity index (χ0) is 24.0. The molecule has 0 aliphatic heterocycles. The van der Waals surface area contributed by atoms with Crippen molar-refractivity contribution in [1.82, 2.24) is 4.57 Å². The molecule has 172 valence electrons. The minimum atomic E-state index is -3.75. The monoisotopic (exact) mass is 465 g/mol. The molecule has 0 spiro atoms. The van der Waals surface area contributed by atoms with Crippen molar-refractivity contribution in [2.45, 2.75) is 56.4 Å². The van der Waals surface area contributed by atoms with Crippen molar-refractivity contribution in [1.29, 1.82) is 0 Å². The lowest BCUT2D eigenvalue weighted by molar-refractivity contribution is -0.137. The van der Waals surface area contributed by atoms with Gasteiger partial charge in [-0.25, -0.2) is 8.42 Å². The minimum Gasteiger partial charge on any atom is -0.480 e. The molecule has 6 nitrogen and oxygen atoms in total. The third-order valence-corrected chi connectivity index (χ3v) is 8.17. The van der Waals surface area contributed by atoms with E-state index in [1.807, 2.05) is 20.8 Å². The second kappa shape index (κ2) is 8.30. The number of Topliss-reactive ketones (excluding diaryl/α,β-unsaturated/α-hetero) is 1. The molecule has 0 unspecified atom stereocenters. The van der Waals surface area contributed by atoms with E-state index in [2.05, 4.69) is 0 Å². The first kappa shape index (κ1) is 23.0. The van der Waals surface area contributed by atoms with Crippen LogP contribution in [0.5, 0.6) is 0 Å². The maximum atomic E-state index is 13.4. The Morgan fingerprint density at radius 2 is 1.67 bits per heavy atom. The van der Waals surface area contributed by atoms with Gasteiger partial charge in [0.25, 0.3) is 0 Å². The highest BCUT2D eigenvalue weighted by molar-refractivity contribution is 7.91. The number of hydrogen-bond acceptors (Lipinski definition) is 4. The van der Waals surface area contributed by atoms with Crippen LogP contribution in [0.1, 0.15) is 53.1 Å². The molecule has 0 radical (unpaired) electrons. The Bertz CT molecular complexity index is 1350. The number of sulfone groups is 1. The van der Waals surface area contributed by atoms with Crippen LogP contribution in [0.2, 0.25) is 0 Å². The van der Waals surface area contributed by atoms with Crippen molar-refractivity contribution in [2.75, 3.05) is 0 Å². The number of aromatic nitrogens is 1. The van der Waals surface area contributed by atoms with E-state index < -0.39 is 15.8 Å². The van der Waals surface area contributed by atoms with Crippen LogP contribution in [0.3, 0.4) is 0 Å². The maximum absolute atomic E-state index is 13.4. The number of benzene rings is 2. The zero-order valence-electron chi connectivity index (χ0n) is 19.0. The Morgan fingerprint density at radius 1 is 1.03 bits per heavy atom. The minimum absolute atomic E-state index is 0.0214. The van der Waals surface area contributed by atoms with E-state index in [1.165, 1.54) is 0 Å². The number of carboxylic acids is 1. The van der Waals surface area contributed by atoms with Crippen LogP contribution in [0, 0.1) is 12.3 Å². The van der Waals surface area contributed by atoms with Gasteiger partial charge in [-0.15, -0.1) is 0 Å². The highest BCUT2D eigenvalue weighted by atomic mass is 32.2. The summed E-state index contributed by atoms with van der Waals surface area (Å²) in [5.74, 6) is -1.00. The summed E-state index contributed by atoms with van der Waals surface area (Å²) < 4.78 is 28.4. The molecule has 3 aromatic rings. The number of carbonyl (C=O) groups is 2. The smallest absolute Gasteiger partial charge is 0.323 e. The molecular formula is C26H27NO5S. The fourth-order valence-electron chi connectivity index (χ4n) is 4.80. The standard InChI is InChI=1S/C26H27NO5S/c1-17-20(25-21(27(17)16-24(29)30)14-26(2,3)15-22(25)28)13-18-9-7-8-12-23(18)33(31,32)19-10-5-4-6-11-19/h4-12H,13-16H2,1-3H3,(H,29,30). The molecule has 1 heterocycles. The second-order valence-corrected chi connectivity index (χ2v) is 11.3. The van der Waals surface area contributed by atoms with Gasteiger partial charge in [0.15, 0.2) is 5.78 Å². The molecule has 2 aromatic carbocycles. The molecule has 7 heteroatoms. The average molecular weight is 466 g/mol. The van der Waals surface area contributed by atoms with E-state index in [-0.39, 0.29) is 34.0 Å². The van der Waals surface area contributed by atoms with E-state index in [1.54, 1.807) is 59.2 Å². The normalized spacial score (nSPS) is 15.3. The van der Waals surface area contributed by atoms with Crippen LogP contribution >= 0.6 is 0 Å². The fourth-order valence-corrected chi connectivity index (χ4v) is 6.31. The van der Waals surface area contributed by atoms with Crippen molar-refractivity contribution in [2.24, 2.45) is 5.41 Å². The van der Waals surface area contributed by atoms with E-state index in [9.17, 15) is 23.1 Å². The summed E-state index contributed by atoms with van der Waals surface area (Å²) in [6, 6.07) is 15.1. The van der Waals surface area contributed by atoms with Gasteiger partial charge in [-0.2, -0.15) is 0 Å². The van der Waals surface area contributed by atoms with Gasteiger partial charge >= 0.3 is 5.97 Å². The van der Waals surface area contributed by atoms with Crippen LogP contribution in [0.4, 0.5) is 0 Å².